The molecule has 0 aliphatic rings. The highest BCUT2D eigenvalue weighted by atomic mass is 19.5. The van der Waals surface area contributed by atoms with Crippen molar-refractivity contribution < 1.29 is 26.0 Å². The molecule has 15 heavy (non-hydrogen) atoms. The van der Waals surface area contributed by atoms with Crippen LogP contribution in [0, 0.1) is 18.6 Å². The first-order valence-corrected chi connectivity index (χ1v) is 3.69. The van der Waals surface area contributed by atoms with Crippen LogP contribution in [-0.4, -0.2) is 7.25 Å². The number of benzene rings is 1. The van der Waals surface area contributed by atoms with Crippen LogP contribution in [0.4, 0.5) is 31.7 Å². The maximum absolute atomic E-state index is 12.5. The zero-order valence-electron chi connectivity index (χ0n) is 7.58. The summed E-state index contributed by atoms with van der Waals surface area (Å²) in [6, 6.07) is 2.05. The first-order chi connectivity index (χ1) is 6.61. The molecule has 86 valence electrons. The van der Waals surface area contributed by atoms with Gasteiger partial charge in [0.05, 0.1) is 5.69 Å². The van der Waals surface area contributed by atoms with Crippen LogP contribution in [0.5, 0.6) is 0 Å². The van der Waals surface area contributed by atoms with Gasteiger partial charge in [-0.25, -0.2) is 8.78 Å². The zero-order chi connectivity index (χ0) is 12.2. The van der Waals surface area contributed by atoms with Gasteiger partial charge in [0.2, 0.25) is 0 Å². The molecule has 0 heterocycles. The van der Waals surface area contributed by atoms with E-state index >= 15 is 0 Å². The Balaban J connectivity index is 0.000000336. The second-order valence-electron chi connectivity index (χ2n) is 2.62. The maximum Gasteiger partial charge on any atom is 0.673 e. The minimum atomic E-state index is -6.00. The second kappa shape index (κ2) is 4.95. The molecule has 0 saturated carbocycles. The molecular formula is C7H7BF6N-. The fourth-order valence-corrected chi connectivity index (χ4v) is 0.662. The topological polar surface area (TPSA) is 26.0 Å². The van der Waals surface area contributed by atoms with E-state index in [1.54, 1.807) is 0 Å². The van der Waals surface area contributed by atoms with E-state index in [9.17, 15) is 26.0 Å². The Morgan fingerprint density at radius 2 is 1.40 bits per heavy atom. The third-order valence-corrected chi connectivity index (χ3v) is 1.28. The summed E-state index contributed by atoms with van der Waals surface area (Å²) in [5, 5.41) is 0. The zero-order valence-corrected chi connectivity index (χ0v) is 7.58. The molecule has 0 aliphatic carbocycles. The second-order valence-corrected chi connectivity index (χ2v) is 2.62. The van der Waals surface area contributed by atoms with Crippen LogP contribution in [0.25, 0.3) is 0 Å². The first-order valence-electron chi connectivity index (χ1n) is 3.69. The van der Waals surface area contributed by atoms with Crippen molar-refractivity contribution in [2.24, 2.45) is 0 Å². The van der Waals surface area contributed by atoms with Crippen LogP contribution in [0.2, 0.25) is 0 Å². The summed E-state index contributed by atoms with van der Waals surface area (Å²) < 4.78 is 64.0. The number of hydrogen-bond donors (Lipinski definition) is 1. The SMILES string of the molecule is Cc1cc(F)c(N)cc1F.F[B-](F)(F)F. The molecule has 0 aromatic heterocycles. The van der Waals surface area contributed by atoms with Crippen LogP contribution in [-0.2, 0) is 0 Å². The Kier molecular flexibility index (Phi) is 4.51. The fourth-order valence-electron chi connectivity index (χ4n) is 0.662. The van der Waals surface area contributed by atoms with Gasteiger partial charge in [0.1, 0.15) is 11.6 Å². The van der Waals surface area contributed by atoms with Crippen molar-refractivity contribution in [3.8, 4) is 0 Å². The lowest BCUT2D eigenvalue weighted by Gasteiger charge is -1.98. The molecule has 0 aliphatic heterocycles. The molecule has 0 bridgehead atoms. The summed E-state index contributed by atoms with van der Waals surface area (Å²) in [7, 11) is -6.00. The molecular weight excluding hydrogens is 223 g/mol. The lowest BCUT2D eigenvalue weighted by Crippen LogP contribution is -2.02. The average molecular weight is 230 g/mol. The summed E-state index contributed by atoms with van der Waals surface area (Å²) >= 11 is 0. The van der Waals surface area contributed by atoms with Gasteiger partial charge in [0.15, 0.2) is 0 Å². The summed E-state index contributed by atoms with van der Waals surface area (Å²) in [6.07, 6.45) is 0. The van der Waals surface area contributed by atoms with E-state index in [1.165, 1.54) is 6.92 Å². The molecule has 2 N–H and O–H groups in total. The number of halogens is 6. The lowest BCUT2D eigenvalue weighted by atomic mass is 10.2. The number of aryl methyl sites for hydroxylation is 1. The van der Waals surface area contributed by atoms with Crippen LogP contribution < -0.4 is 5.73 Å². The summed E-state index contributed by atoms with van der Waals surface area (Å²) in [4.78, 5) is 0. The van der Waals surface area contributed by atoms with Crippen LogP contribution in [0.1, 0.15) is 5.56 Å². The third-order valence-electron chi connectivity index (χ3n) is 1.28. The van der Waals surface area contributed by atoms with Crippen molar-refractivity contribution in [3.63, 3.8) is 0 Å². The molecule has 1 aromatic carbocycles. The van der Waals surface area contributed by atoms with Crippen molar-refractivity contribution >= 4 is 12.9 Å². The number of hydrogen-bond acceptors (Lipinski definition) is 1. The van der Waals surface area contributed by atoms with Gasteiger partial charge in [-0.1, -0.05) is 0 Å². The molecule has 1 rings (SSSR count). The standard InChI is InChI=1S/C7H7F2N.BF4/c1-4-2-6(9)7(10)3-5(4)8;2-1(3,4)5/h2-3H,10H2,1H3;/q;-1. The van der Waals surface area contributed by atoms with Gasteiger partial charge < -0.3 is 23.0 Å². The highest BCUT2D eigenvalue weighted by Gasteiger charge is 2.20. The Morgan fingerprint density at radius 3 is 1.73 bits per heavy atom. The predicted molar refractivity (Wildman–Crippen MR) is 45.7 cm³/mol. The molecule has 0 saturated heterocycles. The van der Waals surface area contributed by atoms with Crippen molar-refractivity contribution in [1.82, 2.24) is 0 Å². The fraction of sp³-hybridized carbons (Fsp3) is 0.143. The van der Waals surface area contributed by atoms with Gasteiger partial charge in [-0.2, -0.15) is 0 Å². The molecule has 0 amide bonds. The Morgan fingerprint density at radius 1 is 1.00 bits per heavy atom. The Bertz CT molecular complexity index is 281. The lowest BCUT2D eigenvalue weighted by molar-refractivity contribution is 0.368. The molecule has 0 fully saturated rings. The largest absolute Gasteiger partial charge is 0.673 e. The number of nitrogens with two attached hydrogens (primary N) is 1. The van der Waals surface area contributed by atoms with Gasteiger partial charge >= 0.3 is 7.25 Å². The minimum Gasteiger partial charge on any atom is -0.418 e. The third kappa shape index (κ3) is 6.70. The molecule has 1 nitrogen and oxygen atoms in total. The van der Waals surface area contributed by atoms with E-state index in [-0.39, 0.29) is 11.3 Å². The van der Waals surface area contributed by atoms with Gasteiger partial charge in [0.25, 0.3) is 0 Å². The Hall–Kier alpha value is -1.34. The van der Waals surface area contributed by atoms with Crippen LogP contribution in [0.3, 0.4) is 0 Å². The highest BCUT2D eigenvalue weighted by molar-refractivity contribution is 6.50. The average Bonchev–Trinajstić information content (AvgIpc) is 1.98. The molecule has 0 spiro atoms. The molecule has 8 heteroatoms. The van der Waals surface area contributed by atoms with Gasteiger partial charge in [-0.3, -0.25) is 0 Å². The first kappa shape index (κ1) is 13.7. The number of rotatable bonds is 0. The van der Waals surface area contributed by atoms with Crippen LogP contribution >= 0.6 is 0 Å². The van der Waals surface area contributed by atoms with E-state index in [1.807, 2.05) is 0 Å². The molecule has 1 aromatic rings. The highest BCUT2D eigenvalue weighted by Crippen LogP contribution is 2.14. The molecule has 0 radical (unpaired) electrons. The van der Waals surface area contributed by atoms with E-state index in [2.05, 4.69) is 0 Å². The molecule has 0 atom stereocenters. The van der Waals surface area contributed by atoms with Gasteiger partial charge in [0, 0.05) is 6.07 Å². The minimum absolute atomic E-state index is 0.150. The maximum atomic E-state index is 12.5. The van der Waals surface area contributed by atoms with Crippen molar-refractivity contribution in [2.45, 2.75) is 6.92 Å². The monoisotopic (exact) mass is 230 g/mol. The van der Waals surface area contributed by atoms with E-state index in [0.717, 1.165) is 12.1 Å². The Labute approximate surface area is 82.0 Å². The van der Waals surface area contributed by atoms with Crippen molar-refractivity contribution in [1.29, 1.82) is 0 Å². The number of nitrogen functional groups attached to an aromatic ring is 1. The quantitative estimate of drug-likeness (QED) is 0.413. The van der Waals surface area contributed by atoms with E-state index in [4.69, 9.17) is 5.73 Å². The van der Waals surface area contributed by atoms with E-state index < -0.39 is 18.9 Å². The van der Waals surface area contributed by atoms with Crippen LogP contribution in [0.15, 0.2) is 12.1 Å². The van der Waals surface area contributed by atoms with Crippen molar-refractivity contribution in [3.05, 3.63) is 29.3 Å². The van der Waals surface area contributed by atoms with E-state index in [0.29, 0.717) is 0 Å². The predicted octanol–water partition coefficient (Wildman–Crippen LogP) is 3.16. The smallest absolute Gasteiger partial charge is 0.418 e. The van der Waals surface area contributed by atoms with Crippen molar-refractivity contribution in [2.75, 3.05) is 5.73 Å². The number of anilines is 1. The van der Waals surface area contributed by atoms with Gasteiger partial charge in [-0.05, 0) is 18.6 Å². The normalized spacial score (nSPS) is 10.6. The molecule has 0 unspecified atom stereocenters. The summed E-state index contributed by atoms with van der Waals surface area (Å²) in [6.45, 7) is 1.48. The van der Waals surface area contributed by atoms with Gasteiger partial charge in [-0.15, -0.1) is 0 Å². The summed E-state index contributed by atoms with van der Waals surface area (Å²) in [5.74, 6) is -1.04. The summed E-state index contributed by atoms with van der Waals surface area (Å²) in [5.41, 5.74) is 5.19.